The Morgan fingerprint density at radius 1 is 1.07 bits per heavy atom. The molecule has 2 aliphatic heterocycles. The summed E-state index contributed by atoms with van der Waals surface area (Å²) in [6.07, 6.45) is 2.73. The van der Waals surface area contributed by atoms with Gasteiger partial charge in [0, 0.05) is 30.2 Å². The van der Waals surface area contributed by atoms with Crippen molar-refractivity contribution in [2.45, 2.75) is 42.7 Å². The first-order valence-electron chi connectivity index (χ1n) is 9.29. The highest BCUT2D eigenvalue weighted by atomic mass is 35.5. The van der Waals surface area contributed by atoms with Crippen LogP contribution in [-0.2, 0) is 14.8 Å². The van der Waals surface area contributed by atoms with E-state index in [1.165, 1.54) is 28.4 Å². The molecule has 0 aromatic heterocycles. The van der Waals surface area contributed by atoms with Crippen LogP contribution in [0, 0.1) is 0 Å². The van der Waals surface area contributed by atoms with Crippen molar-refractivity contribution < 1.29 is 22.7 Å². The van der Waals surface area contributed by atoms with Crippen LogP contribution in [0.15, 0.2) is 23.1 Å². The van der Waals surface area contributed by atoms with Crippen LogP contribution in [0.25, 0.3) is 0 Å². The fourth-order valence-electron chi connectivity index (χ4n) is 3.90. The number of sulfonamides is 1. The van der Waals surface area contributed by atoms with Crippen molar-refractivity contribution in [1.82, 2.24) is 14.1 Å². The van der Waals surface area contributed by atoms with Crippen molar-refractivity contribution in [2.75, 3.05) is 26.7 Å². The summed E-state index contributed by atoms with van der Waals surface area (Å²) in [5.74, 6) is 0.0955. The zero-order chi connectivity index (χ0) is 20.1. The molecule has 0 unspecified atom stereocenters. The highest BCUT2D eigenvalue weighted by molar-refractivity contribution is 7.89. The lowest BCUT2D eigenvalue weighted by Crippen LogP contribution is -2.48. The summed E-state index contributed by atoms with van der Waals surface area (Å²) in [6, 6.07) is 4.19. The lowest BCUT2D eigenvalue weighted by molar-refractivity contribution is -0.125. The molecule has 1 aromatic carbocycles. The van der Waals surface area contributed by atoms with Crippen LogP contribution in [0.1, 0.15) is 25.7 Å². The first kappa shape index (κ1) is 19.5. The molecule has 1 saturated carbocycles. The van der Waals surface area contributed by atoms with Crippen LogP contribution in [0.3, 0.4) is 0 Å². The van der Waals surface area contributed by atoms with Gasteiger partial charge in [0.1, 0.15) is 17.2 Å². The lowest BCUT2D eigenvalue weighted by atomic mass is 10.1. The Labute approximate surface area is 169 Å². The third-order valence-electron chi connectivity index (χ3n) is 5.55. The maximum Gasteiger partial charge on any atom is 0.327 e. The molecule has 2 heterocycles. The maximum absolute atomic E-state index is 13.1. The normalized spacial score (nSPS) is 22.2. The molecule has 152 valence electrons. The number of carbonyl (C=O) groups is 2. The predicted octanol–water partition coefficient (Wildman–Crippen LogP) is 1.93. The average molecular weight is 428 g/mol. The smallest absolute Gasteiger partial charge is 0.327 e. The summed E-state index contributed by atoms with van der Waals surface area (Å²) in [5, 5.41) is 0.315. The molecule has 3 aliphatic rings. The largest absolute Gasteiger partial charge is 0.495 e. The van der Waals surface area contributed by atoms with Gasteiger partial charge in [-0.15, -0.1) is 0 Å². The lowest BCUT2D eigenvalue weighted by Gasteiger charge is -2.35. The summed E-state index contributed by atoms with van der Waals surface area (Å²) in [6.45, 7) is 0.628. The Bertz CT molecular complexity index is 910. The van der Waals surface area contributed by atoms with Gasteiger partial charge in [-0.25, -0.2) is 13.2 Å². The van der Waals surface area contributed by atoms with Gasteiger partial charge in [0.2, 0.25) is 10.0 Å². The van der Waals surface area contributed by atoms with Gasteiger partial charge in [0.25, 0.3) is 5.91 Å². The van der Waals surface area contributed by atoms with E-state index in [2.05, 4.69) is 0 Å². The number of benzene rings is 1. The number of amides is 3. The number of imide groups is 1. The number of hydrogen-bond donors (Lipinski definition) is 0. The standard InChI is InChI=1S/C18H22ClN3O5S/c1-27-15-5-2-12(19)10-16(15)28(25,26)20-8-6-13(7-9-20)21-11-17(23)22(18(21)24)14-3-4-14/h2,5,10,13-14H,3-4,6-9,11H2,1H3. The van der Waals surface area contributed by atoms with Gasteiger partial charge < -0.3 is 9.64 Å². The van der Waals surface area contributed by atoms with Crippen molar-refractivity contribution in [3.8, 4) is 5.75 Å². The fraction of sp³-hybridized carbons (Fsp3) is 0.556. The summed E-state index contributed by atoms with van der Waals surface area (Å²) in [5.41, 5.74) is 0. The van der Waals surface area contributed by atoms with Gasteiger partial charge in [-0.2, -0.15) is 4.31 Å². The molecule has 0 N–H and O–H groups in total. The second kappa shape index (κ2) is 7.20. The molecule has 1 aliphatic carbocycles. The Morgan fingerprint density at radius 3 is 2.36 bits per heavy atom. The molecule has 0 spiro atoms. The summed E-state index contributed by atoms with van der Waals surface area (Å²) >= 11 is 5.98. The van der Waals surface area contributed by atoms with Crippen molar-refractivity contribution in [3.05, 3.63) is 23.2 Å². The van der Waals surface area contributed by atoms with Crippen LogP contribution in [0.2, 0.25) is 5.02 Å². The van der Waals surface area contributed by atoms with Crippen LogP contribution in [0.5, 0.6) is 5.75 Å². The van der Waals surface area contributed by atoms with Crippen molar-refractivity contribution in [3.63, 3.8) is 0 Å². The number of halogens is 1. The highest BCUT2D eigenvalue weighted by Crippen LogP contribution is 2.34. The minimum Gasteiger partial charge on any atom is -0.495 e. The van der Waals surface area contributed by atoms with E-state index in [1.807, 2.05) is 0 Å². The monoisotopic (exact) mass is 427 g/mol. The molecule has 4 rings (SSSR count). The molecule has 0 atom stereocenters. The second-order valence-electron chi connectivity index (χ2n) is 7.34. The van der Waals surface area contributed by atoms with E-state index in [0.717, 1.165) is 12.8 Å². The first-order valence-corrected chi connectivity index (χ1v) is 11.1. The highest BCUT2D eigenvalue weighted by Gasteiger charge is 2.47. The Kier molecular flexibility index (Phi) is 5.01. The van der Waals surface area contributed by atoms with Gasteiger partial charge in [0.05, 0.1) is 7.11 Å². The molecular weight excluding hydrogens is 406 g/mol. The number of piperidine rings is 1. The van der Waals surface area contributed by atoms with Gasteiger partial charge in [-0.1, -0.05) is 11.6 Å². The van der Waals surface area contributed by atoms with Crippen molar-refractivity contribution in [2.24, 2.45) is 0 Å². The molecule has 3 fully saturated rings. The van der Waals surface area contributed by atoms with Gasteiger partial charge in [-0.3, -0.25) is 9.69 Å². The SMILES string of the molecule is COc1ccc(Cl)cc1S(=O)(=O)N1CCC(N2CC(=O)N(C3CC3)C2=O)CC1. The fourth-order valence-corrected chi connectivity index (χ4v) is 5.79. The quantitative estimate of drug-likeness (QED) is 0.670. The van der Waals surface area contributed by atoms with E-state index in [0.29, 0.717) is 17.9 Å². The summed E-state index contributed by atoms with van der Waals surface area (Å²) < 4.78 is 32.7. The molecule has 1 aromatic rings. The summed E-state index contributed by atoms with van der Waals surface area (Å²) in [7, 11) is -2.36. The van der Waals surface area contributed by atoms with E-state index in [9.17, 15) is 18.0 Å². The van der Waals surface area contributed by atoms with Crippen molar-refractivity contribution in [1.29, 1.82) is 0 Å². The van der Waals surface area contributed by atoms with Gasteiger partial charge in [-0.05, 0) is 43.9 Å². The molecule has 10 heteroatoms. The zero-order valence-corrected chi connectivity index (χ0v) is 17.1. The topological polar surface area (TPSA) is 87.2 Å². The molecule has 3 amide bonds. The van der Waals surface area contributed by atoms with Crippen LogP contribution >= 0.6 is 11.6 Å². The number of hydrogen-bond acceptors (Lipinski definition) is 5. The van der Waals surface area contributed by atoms with E-state index >= 15 is 0 Å². The van der Waals surface area contributed by atoms with E-state index < -0.39 is 10.0 Å². The predicted molar refractivity (Wildman–Crippen MR) is 102 cm³/mol. The second-order valence-corrected chi connectivity index (χ2v) is 9.68. The first-order chi connectivity index (χ1) is 13.3. The molecule has 2 saturated heterocycles. The Hall–Kier alpha value is -1.84. The number of urea groups is 1. The zero-order valence-electron chi connectivity index (χ0n) is 15.5. The molecule has 8 nitrogen and oxygen atoms in total. The Balaban J connectivity index is 1.46. The number of ether oxygens (including phenoxy) is 1. The molecule has 0 radical (unpaired) electrons. The van der Waals surface area contributed by atoms with Crippen molar-refractivity contribution >= 4 is 33.6 Å². The van der Waals surface area contributed by atoms with E-state index in [-0.39, 0.29) is 54.3 Å². The van der Waals surface area contributed by atoms with Gasteiger partial charge in [0.15, 0.2) is 0 Å². The van der Waals surface area contributed by atoms with E-state index in [4.69, 9.17) is 16.3 Å². The van der Waals surface area contributed by atoms with E-state index in [1.54, 1.807) is 11.0 Å². The van der Waals surface area contributed by atoms with Crippen LogP contribution in [-0.4, -0.2) is 73.3 Å². The maximum atomic E-state index is 13.1. The average Bonchev–Trinajstić information content (AvgIpc) is 3.46. The molecule has 28 heavy (non-hydrogen) atoms. The number of nitrogens with zero attached hydrogens (tertiary/aromatic N) is 3. The number of methoxy groups -OCH3 is 1. The van der Waals surface area contributed by atoms with Gasteiger partial charge >= 0.3 is 6.03 Å². The number of carbonyl (C=O) groups excluding carboxylic acids is 2. The van der Waals surface area contributed by atoms with Crippen LogP contribution < -0.4 is 4.74 Å². The summed E-state index contributed by atoms with van der Waals surface area (Å²) in [4.78, 5) is 27.8. The third kappa shape index (κ3) is 3.35. The number of rotatable bonds is 5. The third-order valence-corrected chi connectivity index (χ3v) is 7.70. The van der Waals surface area contributed by atoms with Crippen LogP contribution in [0.4, 0.5) is 4.79 Å². The molecular formula is C18H22ClN3O5S. The minimum atomic E-state index is -3.77. The minimum absolute atomic E-state index is 0.0354. The molecule has 0 bridgehead atoms. The Morgan fingerprint density at radius 2 is 1.75 bits per heavy atom.